The molecule has 2 aromatic carbocycles. The van der Waals surface area contributed by atoms with Crippen molar-refractivity contribution in [2.45, 2.75) is 17.9 Å². The number of hydrogen-bond acceptors (Lipinski definition) is 4. The van der Waals surface area contributed by atoms with E-state index >= 15 is 0 Å². The maximum absolute atomic E-state index is 12.3. The molecule has 25 heavy (non-hydrogen) atoms. The lowest BCUT2D eigenvalue weighted by molar-refractivity contribution is -0.274. The fraction of sp³-hybridized carbons (Fsp3) is 0.143. The number of alkyl halides is 5. The number of ether oxygens (including phenoxy) is 2. The molecule has 136 valence electrons. The summed E-state index contributed by atoms with van der Waals surface area (Å²) in [5.41, 5.74) is -0.251. The number of rotatable bonds is 6. The van der Waals surface area contributed by atoms with Gasteiger partial charge in [0.25, 0.3) is 10.0 Å². The van der Waals surface area contributed by atoms with E-state index in [0.717, 1.165) is 30.3 Å². The second-order valence-electron chi connectivity index (χ2n) is 4.50. The molecule has 11 heteroatoms. The molecule has 2 rings (SSSR count). The van der Waals surface area contributed by atoms with Gasteiger partial charge in [-0.2, -0.15) is 8.78 Å². The number of benzene rings is 2. The lowest BCUT2D eigenvalue weighted by Crippen LogP contribution is -2.17. The Morgan fingerprint density at radius 2 is 1.56 bits per heavy atom. The maximum Gasteiger partial charge on any atom is 0.573 e. The molecule has 0 amide bonds. The van der Waals surface area contributed by atoms with E-state index in [9.17, 15) is 30.4 Å². The Labute approximate surface area is 139 Å². The molecule has 0 spiro atoms. The first kappa shape index (κ1) is 18.8. The first-order chi connectivity index (χ1) is 11.6. The van der Waals surface area contributed by atoms with E-state index in [-0.39, 0.29) is 5.69 Å². The van der Waals surface area contributed by atoms with Crippen LogP contribution in [0.25, 0.3) is 0 Å². The number of sulfonamides is 1. The van der Waals surface area contributed by atoms with E-state index in [4.69, 9.17) is 0 Å². The highest BCUT2D eigenvalue weighted by atomic mass is 32.2. The molecule has 0 saturated heterocycles. The van der Waals surface area contributed by atoms with Crippen LogP contribution in [0.2, 0.25) is 0 Å². The summed E-state index contributed by atoms with van der Waals surface area (Å²) in [6.07, 6.45) is -4.91. The topological polar surface area (TPSA) is 64.6 Å². The summed E-state index contributed by atoms with van der Waals surface area (Å²) in [6.45, 7) is -3.16. The van der Waals surface area contributed by atoms with Crippen molar-refractivity contribution in [2.75, 3.05) is 4.72 Å². The van der Waals surface area contributed by atoms with E-state index in [1.54, 1.807) is 0 Å². The van der Waals surface area contributed by atoms with Crippen molar-refractivity contribution in [2.24, 2.45) is 0 Å². The molecule has 0 saturated carbocycles. The molecule has 0 heterocycles. The van der Waals surface area contributed by atoms with Gasteiger partial charge < -0.3 is 9.47 Å². The molecular formula is C14H10F5NO4S. The summed E-state index contributed by atoms with van der Waals surface area (Å²) in [7, 11) is -4.24. The third-order valence-corrected chi connectivity index (χ3v) is 4.10. The van der Waals surface area contributed by atoms with Crippen molar-refractivity contribution >= 4 is 15.7 Å². The molecule has 0 aliphatic carbocycles. The normalized spacial score (nSPS) is 12.1. The largest absolute Gasteiger partial charge is 0.573 e. The maximum atomic E-state index is 12.3. The molecule has 1 N–H and O–H groups in total. The van der Waals surface area contributed by atoms with E-state index < -0.39 is 39.4 Å². The van der Waals surface area contributed by atoms with Crippen molar-refractivity contribution in [3.63, 3.8) is 0 Å². The molecule has 5 nitrogen and oxygen atoms in total. The molecule has 0 aliphatic rings. The smallest absolute Gasteiger partial charge is 0.433 e. The highest BCUT2D eigenvalue weighted by Crippen LogP contribution is 2.29. The van der Waals surface area contributed by atoms with Gasteiger partial charge >= 0.3 is 13.0 Å². The van der Waals surface area contributed by atoms with Gasteiger partial charge in [0.2, 0.25) is 0 Å². The van der Waals surface area contributed by atoms with Crippen molar-refractivity contribution in [3.05, 3.63) is 48.5 Å². The van der Waals surface area contributed by atoms with Crippen molar-refractivity contribution in [1.82, 2.24) is 0 Å². The lowest BCUT2D eigenvalue weighted by atomic mass is 10.3. The average Bonchev–Trinajstić information content (AvgIpc) is 2.47. The SMILES string of the molecule is O=S(=O)(Nc1ccccc1OC(F)F)c1ccc(OC(F)(F)F)cc1. The molecule has 0 unspecified atom stereocenters. The Morgan fingerprint density at radius 3 is 2.12 bits per heavy atom. The molecule has 0 radical (unpaired) electrons. The first-order valence-corrected chi connectivity index (χ1v) is 7.97. The number of para-hydroxylation sites is 2. The van der Waals surface area contributed by atoms with Gasteiger partial charge in [0.05, 0.1) is 10.6 Å². The minimum absolute atomic E-state index is 0.251. The first-order valence-electron chi connectivity index (χ1n) is 6.49. The summed E-state index contributed by atoms with van der Waals surface area (Å²) in [6, 6.07) is 8.43. The number of nitrogens with one attached hydrogen (secondary N) is 1. The monoisotopic (exact) mass is 383 g/mol. The number of anilines is 1. The van der Waals surface area contributed by atoms with Gasteiger partial charge in [0.15, 0.2) is 0 Å². The van der Waals surface area contributed by atoms with Crippen molar-refractivity contribution < 1.29 is 39.8 Å². The Bertz CT molecular complexity index is 822. The summed E-state index contributed by atoms with van der Waals surface area (Å²) in [5, 5.41) is 0. The van der Waals surface area contributed by atoms with E-state index in [0.29, 0.717) is 0 Å². The third kappa shape index (κ3) is 5.48. The molecule has 0 fully saturated rings. The van der Waals surface area contributed by atoms with Gasteiger partial charge in [-0.15, -0.1) is 13.2 Å². The third-order valence-electron chi connectivity index (χ3n) is 2.72. The number of halogens is 5. The molecule has 0 atom stereocenters. The zero-order valence-corrected chi connectivity index (χ0v) is 12.9. The Morgan fingerprint density at radius 1 is 0.960 bits per heavy atom. The summed E-state index contributed by atoms with van der Waals surface area (Å²) in [4.78, 5) is -0.395. The molecular weight excluding hydrogens is 373 g/mol. The summed E-state index contributed by atoms with van der Waals surface area (Å²) >= 11 is 0. The van der Waals surface area contributed by atoms with Crippen molar-refractivity contribution in [1.29, 1.82) is 0 Å². The zero-order valence-electron chi connectivity index (χ0n) is 12.1. The van der Waals surface area contributed by atoms with Crippen LogP contribution in [0.4, 0.5) is 27.6 Å². The van der Waals surface area contributed by atoms with Crippen LogP contribution < -0.4 is 14.2 Å². The van der Waals surface area contributed by atoms with Gasteiger partial charge in [-0.05, 0) is 36.4 Å². The standard InChI is InChI=1S/C14H10F5NO4S/c15-13(16)23-12-4-2-1-3-11(12)20-25(21,22)10-7-5-9(6-8-10)24-14(17,18)19/h1-8,13,20H. The zero-order chi connectivity index (χ0) is 18.7. The second kappa shape index (κ2) is 7.13. The van der Waals surface area contributed by atoms with E-state index in [1.807, 2.05) is 4.72 Å². The quantitative estimate of drug-likeness (QED) is 0.767. The van der Waals surface area contributed by atoms with Gasteiger partial charge in [-0.3, -0.25) is 4.72 Å². The van der Waals surface area contributed by atoms with Crippen LogP contribution in [0.15, 0.2) is 53.4 Å². The van der Waals surface area contributed by atoms with E-state index in [2.05, 4.69) is 9.47 Å². The van der Waals surface area contributed by atoms with Crippen LogP contribution in [0.1, 0.15) is 0 Å². The predicted octanol–water partition coefficient (Wildman–Crippen LogP) is 3.99. The van der Waals surface area contributed by atoms with Gasteiger partial charge in [0.1, 0.15) is 11.5 Å². The van der Waals surface area contributed by atoms with Crippen LogP contribution >= 0.6 is 0 Å². The Balaban J connectivity index is 2.22. The summed E-state index contributed by atoms with van der Waals surface area (Å²) < 4.78 is 95.2. The number of hydrogen-bond donors (Lipinski definition) is 1. The summed E-state index contributed by atoms with van der Waals surface area (Å²) in [5.74, 6) is -1.01. The minimum atomic E-state index is -4.91. The van der Waals surface area contributed by atoms with Gasteiger partial charge in [0, 0.05) is 0 Å². The van der Waals surface area contributed by atoms with Crippen LogP contribution in [-0.4, -0.2) is 21.4 Å². The van der Waals surface area contributed by atoms with Crippen molar-refractivity contribution in [3.8, 4) is 11.5 Å². The highest BCUT2D eigenvalue weighted by molar-refractivity contribution is 7.92. The van der Waals surface area contributed by atoms with Crippen LogP contribution in [0.3, 0.4) is 0 Å². The molecule has 2 aromatic rings. The fourth-order valence-electron chi connectivity index (χ4n) is 1.77. The van der Waals surface area contributed by atoms with Gasteiger partial charge in [-0.25, -0.2) is 8.42 Å². The molecule has 0 aromatic heterocycles. The van der Waals surface area contributed by atoms with Crippen LogP contribution in [0.5, 0.6) is 11.5 Å². The minimum Gasteiger partial charge on any atom is -0.433 e. The average molecular weight is 383 g/mol. The Kier molecular flexibility index (Phi) is 5.36. The lowest BCUT2D eigenvalue weighted by Gasteiger charge is -2.13. The fourth-order valence-corrected chi connectivity index (χ4v) is 2.84. The van der Waals surface area contributed by atoms with Gasteiger partial charge in [-0.1, -0.05) is 12.1 Å². The second-order valence-corrected chi connectivity index (χ2v) is 6.18. The van der Waals surface area contributed by atoms with E-state index in [1.165, 1.54) is 18.2 Å². The Hall–Kier alpha value is -2.56. The molecule has 0 aliphatic heterocycles. The molecule has 0 bridgehead atoms. The highest BCUT2D eigenvalue weighted by Gasteiger charge is 2.31. The van der Waals surface area contributed by atoms with Crippen LogP contribution in [-0.2, 0) is 10.0 Å². The predicted molar refractivity (Wildman–Crippen MR) is 77.0 cm³/mol. The van der Waals surface area contributed by atoms with Crippen LogP contribution in [0, 0.1) is 0 Å².